The summed E-state index contributed by atoms with van der Waals surface area (Å²) in [6.07, 6.45) is 3.06. The molecular weight excluding hydrogens is 286 g/mol. The fourth-order valence-corrected chi connectivity index (χ4v) is 1.77. The van der Waals surface area contributed by atoms with E-state index in [9.17, 15) is 24.9 Å². The van der Waals surface area contributed by atoms with Gasteiger partial charge < -0.3 is 20.6 Å². The Morgan fingerprint density at radius 1 is 0.955 bits per heavy atom. The van der Waals surface area contributed by atoms with Gasteiger partial charge in [-0.05, 0) is 36.4 Å². The van der Waals surface area contributed by atoms with Crippen molar-refractivity contribution in [3.63, 3.8) is 0 Å². The van der Waals surface area contributed by atoms with Crippen LogP contribution in [0.15, 0.2) is 42.5 Å². The highest BCUT2D eigenvalue weighted by molar-refractivity contribution is 6.04. The van der Waals surface area contributed by atoms with Gasteiger partial charge >= 0.3 is 0 Å². The predicted molar refractivity (Wildman–Crippen MR) is 80.9 cm³/mol. The van der Waals surface area contributed by atoms with Crippen molar-refractivity contribution in [3.05, 3.63) is 53.6 Å². The number of carbonyl (C=O) groups is 2. The monoisotopic (exact) mass is 299 g/mol. The van der Waals surface area contributed by atoms with Crippen LogP contribution in [-0.4, -0.2) is 27.5 Å². The maximum absolute atomic E-state index is 11.8. The van der Waals surface area contributed by atoms with E-state index in [4.69, 9.17) is 0 Å². The molecule has 2 aromatic rings. The molecule has 0 radical (unpaired) electrons. The van der Waals surface area contributed by atoms with E-state index in [2.05, 4.69) is 5.32 Å². The van der Waals surface area contributed by atoms with Crippen molar-refractivity contribution < 1.29 is 24.9 Å². The van der Waals surface area contributed by atoms with Gasteiger partial charge in [-0.1, -0.05) is 0 Å². The third-order valence-corrected chi connectivity index (χ3v) is 2.85. The number of rotatable bonds is 4. The summed E-state index contributed by atoms with van der Waals surface area (Å²) in [6, 6.07) is 7.97. The number of hydrogen-bond donors (Lipinski definition) is 4. The number of aldehydes is 1. The van der Waals surface area contributed by atoms with Crippen molar-refractivity contribution in [1.82, 2.24) is 0 Å². The first-order chi connectivity index (χ1) is 10.5. The summed E-state index contributed by atoms with van der Waals surface area (Å²) >= 11 is 0. The summed E-state index contributed by atoms with van der Waals surface area (Å²) in [5, 5.41) is 30.5. The molecule has 0 bridgehead atoms. The second-order valence-corrected chi connectivity index (χ2v) is 4.46. The summed E-state index contributed by atoms with van der Waals surface area (Å²) in [5.74, 6) is -0.841. The van der Waals surface area contributed by atoms with Gasteiger partial charge in [0.1, 0.15) is 17.2 Å². The zero-order valence-corrected chi connectivity index (χ0v) is 11.4. The van der Waals surface area contributed by atoms with Gasteiger partial charge in [-0.25, -0.2) is 0 Å². The minimum atomic E-state index is -0.513. The first kappa shape index (κ1) is 15.1. The van der Waals surface area contributed by atoms with Crippen LogP contribution in [0.1, 0.15) is 15.9 Å². The number of anilines is 1. The molecule has 0 fully saturated rings. The largest absolute Gasteiger partial charge is 0.508 e. The quantitative estimate of drug-likeness (QED) is 0.393. The van der Waals surface area contributed by atoms with Gasteiger partial charge in [0.2, 0.25) is 5.91 Å². The van der Waals surface area contributed by atoms with E-state index < -0.39 is 5.91 Å². The number of amides is 1. The Kier molecular flexibility index (Phi) is 4.43. The third-order valence-electron chi connectivity index (χ3n) is 2.85. The Labute approximate surface area is 126 Å². The maximum atomic E-state index is 11.8. The van der Waals surface area contributed by atoms with Crippen LogP contribution in [0.3, 0.4) is 0 Å². The van der Waals surface area contributed by atoms with E-state index in [0.29, 0.717) is 11.8 Å². The molecule has 4 N–H and O–H groups in total. The van der Waals surface area contributed by atoms with Crippen molar-refractivity contribution in [2.24, 2.45) is 0 Å². The second-order valence-electron chi connectivity index (χ2n) is 4.46. The molecule has 112 valence electrons. The van der Waals surface area contributed by atoms with E-state index in [1.807, 2.05) is 0 Å². The Morgan fingerprint density at radius 2 is 1.64 bits per heavy atom. The molecule has 0 spiro atoms. The van der Waals surface area contributed by atoms with E-state index in [1.54, 1.807) is 0 Å². The normalized spacial score (nSPS) is 10.5. The minimum Gasteiger partial charge on any atom is -0.508 e. The van der Waals surface area contributed by atoms with Crippen molar-refractivity contribution in [1.29, 1.82) is 0 Å². The smallest absolute Gasteiger partial charge is 0.248 e. The molecule has 0 saturated heterocycles. The standard InChI is InChI=1S/C16H13NO5/c18-9-11-7-12(19)4-5-14(11)17-16(22)6-2-10-1-3-13(20)8-15(10)21/h1-9,19-21H,(H,17,22)/b6-2+. The number of phenols is 3. The Bertz CT molecular complexity index is 752. The molecule has 6 heteroatoms. The molecule has 0 aliphatic carbocycles. The SMILES string of the molecule is O=Cc1cc(O)ccc1NC(=O)/C=C/c1ccc(O)cc1O. The zero-order chi connectivity index (χ0) is 16.1. The third kappa shape index (κ3) is 3.63. The van der Waals surface area contributed by atoms with Crippen LogP contribution in [0, 0.1) is 0 Å². The summed E-state index contributed by atoms with van der Waals surface area (Å²) in [5.41, 5.74) is 0.765. The van der Waals surface area contributed by atoms with Gasteiger partial charge in [0, 0.05) is 23.3 Å². The lowest BCUT2D eigenvalue weighted by Crippen LogP contribution is -2.09. The van der Waals surface area contributed by atoms with Crippen LogP contribution in [0.2, 0.25) is 0 Å². The molecule has 0 aliphatic rings. The van der Waals surface area contributed by atoms with E-state index in [1.165, 1.54) is 42.5 Å². The van der Waals surface area contributed by atoms with Crippen LogP contribution in [-0.2, 0) is 4.79 Å². The van der Waals surface area contributed by atoms with Crippen LogP contribution in [0.25, 0.3) is 6.08 Å². The van der Waals surface area contributed by atoms with Crippen molar-refractivity contribution in [3.8, 4) is 17.2 Å². The lowest BCUT2D eigenvalue weighted by atomic mass is 10.1. The second kappa shape index (κ2) is 6.45. The molecule has 0 unspecified atom stereocenters. The molecule has 1 amide bonds. The van der Waals surface area contributed by atoms with Gasteiger partial charge in [0.05, 0.1) is 5.69 Å². The maximum Gasteiger partial charge on any atom is 0.248 e. The highest BCUT2D eigenvalue weighted by Crippen LogP contribution is 2.24. The summed E-state index contributed by atoms with van der Waals surface area (Å²) in [4.78, 5) is 22.7. The van der Waals surface area contributed by atoms with Gasteiger partial charge in [0.25, 0.3) is 0 Å². The number of carbonyl (C=O) groups excluding carboxylic acids is 2. The van der Waals surface area contributed by atoms with Crippen LogP contribution in [0.4, 0.5) is 5.69 Å². The molecule has 0 atom stereocenters. The van der Waals surface area contributed by atoms with Crippen molar-refractivity contribution in [2.45, 2.75) is 0 Å². The molecule has 6 nitrogen and oxygen atoms in total. The Balaban J connectivity index is 2.13. The van der Waals surface area contributed by atoms with Gasteiger partial charge in [-0.3, -0.25) is 9.59 Å². The molecule has 2 rings (SSSR count). The van der Waals surface area contributed by atoms with Crippen LogP contribution < -0.4 is 5.32 Å². The first-order valence-corrected chi connectivity index (χ1v) is 6.29. The predicted octanol–water partition coefficient (Wildman–Crippen LogP) is 2.27. The Morgan fingerprint density at radius 3 is 2.32 bits per heavy atom. The molecular formula is C16H13NO5. The lowest BCUT2D eigenvalue weighted by Gasteiger charge is -2.06. The van der Waals surface area contributed by atoms with Crippen LogP contribution in [0.5, 0.6) is 17.2 Å². The fraction of sp³-hybridized carbons (Fsp3) is 0. The van der Waals surface area contributed by atoms with E-state index in [-0.39, 0.29) is 28.5 Å². The summed E-state index contributed by atoms with van der Waals surface area (Å²) < 4.78 is 0. The molecule has 0 aromatic heterocycles. The van der Waals surface area contributed by atoms with E-state index in [0.717, 1.165) is 6.07 Å². The molecule has 22 heavy (non-hydrogen) atoms. The number of nitrogens with one attached hydrogen (secondary N) is 1. The number of hydrogen-bond acceptors (Lipinski definition) is 5. The number of benzene rings is 2. The topological polar surface area (TPSA) is 107 Å². The zero-order valence-electron chi connectivity index (χ0n) is 11.4. The first-order valence-electron chi connectivity index (χ1n) is 6.29. The highest BCUT2D eigenvalue weighted by atomic mass is 16.3. The lowest BCUT2D eigenvalue weighted by molar-refractivity contribution is -0.111. The average molecular weight is 299 g/mol. The Hall–Kier alpha value is -3.28. The van der Waals surface area contributed by atoms with Crippen molar-refractivity contribution >= 4 is 24.0 Å². The fourth-order valence-electron chi connectivity index (χ4n) is 1.77. The average Bonchev–Trinajstić information content (AvgIpc) is 2.48. The van der Waals surface area contributed by atoms with Gasteiger partial charge in [-0.15, -0.1) is 0 Å². The molecule has 2 aromatic carbocycles. The number of phenolic OH excluding ortho intramolecular Hbond substituents is 3. The molecule has 0 aliphatic heterocycles. The van der Waals surface area contributed by atoms with Gasteiger partial charge in [-0.2, -0.15) is 0 Å². The number of aromatic hydroxyl groups is 3. The van der Waals surface area contributed by atoms with Crippen molar-refractivity contribution in [2.75, 3.05) is 5.32 Å². The van der Waals surface area contributed by atoms with E-state index >= 15 is 0 Å². The molecule has 0 heterocycles. The summed E-state index contributed by atoms with van der Waals surface area (Å²) in [6.45, 7) is 0. The minimum absolute atomic E-state index is 0.0790. The van der Waals surface area contributed by atoms with Gasteiger partial charge in [0.15, 0.2) is 6.29 Å². The highest BCUT2D eigenvalue weighted by Gasteiger charge is 2.06. The molecule has 0 saturated carbocycles. The van der Waals surface area contributed by atoms with Crippen LogP contribution >= 0.6 is 0 Å². The summed E-state index contributed by atoms with van der Waals surface area (Å²) in [7, 11) is 0.